The summed E-state index contributed by atoms with van der Waals surface area (Å²) in [5.41, 5.74) is 1.71. The number of rotatable bonds is 7. The molecule has 4 rings (SSSR count). The second kappa shape index (κ2) is 9.44. The highest BCUT2D eigenvalue weighted by Crippen LogP contribution is 2.33. The molecule has 1 aromatic carbocycles. The molecular weight excluding hydrogens is 430 g/mol. The van der Waals surface area contributed by atoms with Gasteiger partial charge in [-0.2, -0.15) is 0 Å². The van der Waals surface area contributed by atoms with Crippen molar-refractivity contribution in [2.24, 2.45) is 0 Å². The van der Waals surface area contributed by atoms with Crippen LogP contribution in [0.2, 0.25) is 0 Å². The minimum atomic E-state index is -0.598. The number of carbonyl (C=O) groups is 3. The van der Waals surface area contributed by atoms with Gasteiger partial charge in [0.1, 0.15) is 4.83 Å². The first kappa shape index (κ1) is 21.9. The van der Waals surface area contributed by atoms with Gasteiger partial charge in [-0.3, -0.25) is 23.7 Å². The van der Waals surface area contributed by atoms with Crippen LogP contribution in [-0.4, -0.2) is 33.8 Å². The summed E-state index contributed by atoms with van der Waals surface area (Å²) < 4.78 is 6.46. The standard InChI is InChI=1S/C23H23N3O5S/c1-14(27)15-6-2-4-8-17(15)25-19(28)12-31-20(29)10-11-26-13-24-22-21(23(26)30)16-7-3-5-9-18(16)32-22/h2,4,6,8,13H,3,5,7,9-12H2,1H3,(H,25,28). The van der Waals surface area contributed by atoms with Gasteiger partial charge in [-0.1, -0.05) is 12.1 Å². The Morgan fingerprint density at radius 1 is 1.19 bits per heavy atom. The molecule has 166 valence electrons. The maximum Gasteiger partial charge on any atom is 0.308 e. The van der Waals surface area contributed by atoms with Crippen LogP contribution in [0.15, 0.2) is 35.4 Å². The van der Waals surface area contributed by atoms with Crippen LogP contribution in [-0.2, 0) is 33.7 Å². The van der Waals surface area contributed by atoms with Crippen molar-refractivity contribution in [3.8, 4) is 0 Å². The van der Waals surface area contributed by atoms with Gasteiger partial charge in [-0.25, -0.2) is 4.98 Å². The molecule has 0 unspecified atom stereocenters. The third kappa shape index (κ3) is 4.62. The van der Waals surface area contributed by atoms with Gasteiger partial charge in [0, 0.05) is 17.0 Å². The molecule has 2 aromatic heterocycles. The van der Waals surface area contributed by atoms with Crippen molar-refractivity contribution in [3.05, 3.63) is 57.0 Å². The number of aromatic nitrogens is 2. The molecule has 3 aromatic rings. The van der Waals surface area contributed by atoms with E-state index in [1.165, 1.54) is 22.7 Å². The van der Waals surface area contributed by atoms with E-state index >= 15 is 0 Å². The van der Waals surface area contributed by atoms with Gasteiger partial charge in [0.05, 0.1) is 23.8 Å². The molecule has 0 radical (unpaired) electrons. The molecule has 1 N–H and O–H groups in total. The van der Waals surface area contributed by atoms with Crippen molar-refractivity contribution in [1.29, 1.82) is 0 Å². The predicted octanol–water partition coefficient (Wildman–Crippen LogP) is 3.11. The molecule has 0 saturated carbocycles. The van der Waals surface area contributed by atoms with Gasteiger partial charge in [-0.15, -0.1) is 11.3 Å². The first-order valence-corrected chi connectivity index (χ1v) is 11.3. The number of esters is 1. The highest BCUT2D eigenvalue weighted by molar-refractivity contribution is 7.18. The van der Waals surface area contributed by atoms with Crippen molar-refractivity contribution >= 4 is 44.9 Å². The number of benzene rings is 1. The van der Waals surface area contributed by atoms with Crippen LogP contribution in [0.25, 0.3) is 10.2 Å². The van der Waals surface area contributed by atoms with E-state index < -0.39 is 18.5 Å². The van der Waals surface area contributed by atoms with Gasteiger partial charge in [-0.05, 0) is 50.3 Å². The van der Waals surface area contributed by atoms with Crippen molar-refractivity contribution in [2.45, 2.75) is 45.6 Å². The average Bonchev–Trinajstić information content (AvgIpc) is 3.17. The van der Waals surface area contributed by atoms with E-state index in [4.69, 9.17) is 4.74 Å². The lowest BCUT2D eigenvalue weighted by Crippen LogP contribution is -2.25. The number of thiophene rings is 1. The number of ether oxygens (including phenoxy) is 1. The number of hydrogen-bond acceptors (Lipinski definition) is 7. The molecule has 2 heterocycles. The molecule has 0 spiro atoms. The molecule has 0 atom stereocenters. The van der Waals surface area contributed by atoms with Gasteiger partial charge in [0.15, 0.2) is 12.4 Å². The second-order valence-corrected chi connectivity index (χ2v) is 8.78. The zero-order valence-corrected chi connectivity index (χ0v) is 18.5. The largest absolute Gasteiger partial charge is 0.456 e. The van der Waals surface area contributed by atoms with E-state index in [9.17, 15) is 19.2 Å². The molecular formula is C23H23N3O5S. The average molecular weight is 454 g/mol. The number of carbonyl (C=O) groups excluding carboxylic acids is 3. The maximum atomic E-state index is 12.9. The van der Waals surface area contributed by atoms with E-state index in [0.717, 1.165) is 36.1 Å². The molecule has 0 bridgehead atoms. The second-order valence-electron chi connectivity index (χ2n) is 7.69. The van der Waals surface area contributed by atoms with Crippen molar-refractivity contribution in [3.63, 3.8) is 0 Å². The molecule has 1 amide bonds. The van der Waals surface area contributed by atoms with Gasteiger partial charge in [0.2, 0.25) is 0 Å². The van der Waals surface area contributed by atoms with E-state index in [1.54, 1.807) is 35.6 Å². The van der Waals surface area contributed by atoms with Gasteiger partial charge >= 0.3 is 5.97 Å². The lowest BCUT2D eigenvalue weighted by molar-refractivity contribution is -0.147. The molecule has 32 heavy (non-hydrogen) atoms. The number of aryl methyl sites for hydroxylation is 3. The molecule has 1 aliphatic rings. The number of ketones is 1. The Morgan fingerprint density at radius 3 is 2.78 bits per heavy atom. The summed E-state index contributed by atoms with van der Waals surface area (Å²) in [6.45, 7) is 1.06. The molecule has 9 heteroatoms. The van der Waals surface area contributed by atoms with Crippen LogP contribution in [0.1, 0.15) is 47.0 Å². The van der Waals surface area contributed by atoms with Crippen molar-refractivity contribution in [1.82, 2.24) is 9.55 Å². The molecule has 1 aliphatic carbocycles. The van der Waals surface area contributed by atoms with Crippen LogP contribution in [0, 0.1) is 0 Å². The summed E-state index contributed by atoms with van der Waals surface area (Å²) >= 11 is 1.58. The first-order chi connectivity index (χ1) is 15.4. The lowest BCUT2D eigenvalue weighted by Gasteiger charge is -2.11. The number of anilines is 1. The van der Waals surface area contributed by atoms with Crippen molar-refractivity contribution in [2.75, 3.05) is 11.9 Å². The van der Waals surface area contributed by atoms with E-state index in [2.05, 4.69) is 10.3 Å². The summed E-state index contributed by atoms with van der Waals surface area (Å²) in [6.07, 6.45) is 5.48. The van der Waals surface area contributed by atoms with Crippen LogP contribution in [0.5, 0.6) is 0 Å². The third-order valence-corrected chi connectivity index (χ3v) is 6.64. The summed E-state index contributed by atoms with van der Waals surface area (Å²) in [5.74, 6) is -1.32. The molecule has 0 fully saturated rings. The van der Waals surface area contributed by atoms with E-state index in [1.807, 2.05) is 0 Å². The fourth-order valence-electron chi connectivity index (χ4n) is 3.86. The van der Waals surface area contributed by atoms with Gasteiger partial charge < -0.3 is 10.1 Å². The fraction of sp³-hybridized carbons (Fsp3) is 0.348. The van der Waals surface area contributed by atoms with Gasteiger partial charge in [0.25, 0.3) is 11.5 Å². The zero-order valence-electron chi connectivity index (χ0n) is 17.7. The topological polar surface area (TPSA) is 107 Å². The Labute approximate surface area is 188 Å². The number of para-hydroxylation sites is 1. The zero-order chi connectivity index (χ0) is 22.7. The SMILES string of the molecule is CC(=O)c1ccccc1NC(=O)COC(=O)CCn1cnc2sc3c(c2c1=O)CCCC3. The quantitative estimate of drug-likeness (QED) is 0.435. The highest BCUT2D eigenvalue weighted by atomic mass is 32.1. The number of nitrogens with zero attached hydrogens (tertiary/aromatic N) is 2. The van der Waals surface area contributed by atoms with Crippen LogP contribution < -0.4 is 10.9 Å². The monoisotopic (exact) mass is 453 g/mol. The Morgan fingerprint density at radius 2 is 1.97 bits per heavy atom. The third-order valence-electron chi connectivity index (χ3n) is 5.44. The maximum absolute atomic E-state index is 12.9. The Hall–Kier alpha value is -3.33. The van der Waals surface area contributed by atoms with E-state index in [0.29, 0.717) is 16.6 Å². The Bertz CT molecular complexity index is 1260. The normalized spacial score (nSPS) is 12.9. The van der Waals surface area contributed by atoms with Crippen molar-refractivity contribution < 1.29 is 19.1 Å². The fourth-order valence-corrected chi connectivity index (χ4v) is 5.08. The summed E-state index contributed by atoms with van der Waals surface area (Å²) in [6, 6.07) is 6.61. The number of amides is 1. The molecule has 8 nitrogen and oxygen atoms in total. The molecule has 0 saturated heterocycles. The lowest BCUT2D eigenvalue weighted by atomic mass is 9.97. The Balaban J connectivity index is 1.34. The minimum Gasteiger partial charge on any atom is -0.456 e. The van der Waals surface area contributed by atoms with E-state index in [-0.39, 0.29) is 24.3 Å². The smallest absolute Gasteiger partial charge is 0.308 e. The number of hydrogen-bond donors (Lipinski definition) is 1. The summed E-state index contributed by atoms with van der Waals surface area (Å²) in [5, 5.41) is 3.25. The minimum absolute atomic E-state index is 0.0588. The number of fused-ring (bicyclic) bond motifs is 3. The van der Waals surface area contributed by atoms with Crippen LogP contribution in [0.3, 0.4) is 0 Å². The summed E-state index contributed by atoms with van der Waals surface area (Å²) in [4.78, 5) is 55.2. The highest BCUT2D eigenvalue weighted by Gasteiger charge is 2.20. The number of nitrogens with one attached hydrogen (secondary N) is 1. The van der Waals surface area contributed by atoms with Crippen LogP contribution >= 0.6 is 11.3 Å². The van der Waals surface area contributed by atoms with Crippen LogP contribution in [0.4, 0.5) is 5.69 Å². The number of Topliss-reactive ketones (excluding diaryl/α,β-unsaturated/α-hetero) is 1. The first-order valence-electron chi connectivity index (χ1n) is 10.5. The molecule has 0 aliphatic heterocycles. The predicted molar refractivity (Wildman–Crippen MR) is 121 cm³/mol. The summed E-state index contributed by atoms with van der Waals surface area (Å²) in [7, 11) is 0. The Kier molecular flexibility index (Phi) is 6.45.